The minimum Gasteiger partial charge on any atom is -0.497 e. The third kappa shape index (κ3) is 2.57. The van der Waals surface area contributed by atoms with Crippen LogP contribution in [-0.2, 0) is 6.42 Å². The molecular formula is C17H25NO2. The molecule has 0 saturated heterocycles. The molecule has 1 fully saturated rings. The van der Waals surface area contributed by atoms with E-state index in [4.69, 9.17) is 4.74 Å². The van der Waals surface area contributed by atoms with Crippen molar-refractivity contribution in [2.45, 2.75) is 44.2 Å². The predicted molar refractivity (Wildman–Crippen MR) is 80.0 cm³/mol. The zero-order valence-electron chi connectivity index (χ0n) is 12.5. The standard InChI is InChI=1S/C17H25NO2/c1-18(11-12-4-3-5-12)16-9-7-13-6-8-14(20-2)10-15(13)17(16)19/h6,8,10,12,16-17,19H,3-5,7,9,11H2,1-2H3. The first kappa shape index (κ1) is 13.9. The third-order valence-corrected chi connectivity index (χ3v) is 5.08. The Bertz CT molecular complexity index is 470. The van der Waals surface area contributed by atoms with Crippen molar-refractivity contribution in [3.63, 3.8) is 0 Å². The molecule has 0 spiro atoms. The predicted octanol–water partition coefficient (Wildman–Crippen LogP) is 2.78. The van der Waals surface area contributed by atoms with E-state index in [0.717, 1.165) is 36.6 Å². The van der Waals surface area contributed by atoms with E-state index in [1.807, 2.05) is 12.1 Å². The normalized spacial score (nSPS) is 26.2. The van der Waals surface area contributed by atoms with Crippen LogP contribution in [0.3, 0.4) is 0 Å². The van der Waals surface area contributed by atoms with Gasteiger partial charge in [0.05, 0.1) is 13.2 Å². The fourth-order valence-corrected chi connectivity index (χ4v) is 3.55. The van der Waals surface area contributed by atoms with Crippen molar-refractivity contribution >= 4 is 0 Å². The molecule has 2 atom stereocenters. The van der Waals surface area contributed by atoms with Crippen LogP contribution in [0.1, 0.15) is 42.9 Å². The van der Waals surface area contributed by atoms with E-state index < -0.39 is 0 Å². The van der Waals surface area contributed by atoms with Gasteiger partial charge in [-0.25, -0.2) is 0 Å². The third-order valence-electron chi connectivity index (χ3n) is 5.08. The Kier molecular flexibility index (Phi) is 3.99. The van der Waals surface area contributed by atoms with Gasteiger partial charge in [0.25, 0.3) is 0 Å². The molecule has 2 unspecified atom stereocenters. The monoisotopic (exact) mass is 275 g/mol. The summed E-state index contributed by atoms with van der Waals surface area (Å²) in [6, 6.07) is 6.34. The van der Waals surface area contributed by atoms with Gasteiger partial charge in [0.1, 0.15) is 5.75 Å². The van der Waals surface area contributed by atoms with Gasteiger partial charge in [-0.05, 0) is 61.9 Å². The first-order valence-corrected chi connectivity index (χ1v) is 7.74. The fraction of sp³-hybridized carbons (Fsp3) is 0.647. The average Bonchev–Trinajstić information content (AvgIpc) is 2.43. The Morgan fingerprint density at radius 1 is 1.30 bits per heavy atom. The van der Waals surface area contributed by atoms with Crippen LogP contribution in [0, 0.1) is 5.92 Å². The SMILES string of the molecule is COc1ccc2c(c1)C(O)C(N(C)CC1CCC1)CC2. The number of nitrogens with zero attached hydrogens (tertiary/aromatic N) is 1. The van der Waals surface area contributed by atoms with E-state index in [-0.39, 0.29) is 12.1 Å². The van der Waals surface area contributed by atoms with Crippen molar-refractivity contribution < 1.29 is 9.84 Å². The quantitative estimate of drug-likeness (QED) is 0.917. The Morgan fingerprint density at radius 2 is 2.10 bits per heavy atom. The highest BCUT2D eigenvalue weighted by Gasteiger charge is 2.32. The highest BCUT2D eigenvalue weighted by atomic mass is 16.5. The number of benzene rings is 1. The molecule has 0 heterocycles. The van der Waals surface area contributed by atoms with Crippen LogP contribution in [0.4, 0.5) is 0 Å². The lowest BCUT2D eigenvalue weighted by Crippen LogP contribution is -2.43. The summed E-state index contributed by atoms with van der Waals surface area (Å²) >= 11 is 0. The van der Waals surface area contributed by atoms with Crippen molar-refractivity contribution in [3.05, 3.63) is 29.3 Å². The topological polar surface area (TPSA) is 32.7 Å². The summed E-state index contributed by atoms with van der Waals surface area (Å²) in [4.78, 5) is 2.37. The van der Waals surface area contributed by atoms with Crippen LogP contribution >= 0.6 is 0 Å². The van der Waals surface area contributed by atoms with Gasteiger partial charge >= 0.3 is 0 Å². The summed E-state index contributed by atoms with van der Waals surface area (Å²) in [6.07, 6.45) is 5.81. The molecule has 0 aromatic heterocycles. The van der Waals surface area contributed by atoms with Crippen molar-refractivity contribution in [2.75, 3.05) is 20.7 Å². The van der Waals surface area contributed by atoms with Crippen molar-refractivity contribution in [2.24, 2.45) is 5.92 Å². The summed E-state index contributed by atoms with van der Waals surface area (Å²) < 4.78 is 5.29. The second kappa shape index (κ2) is 5.74. The molecular weight excluding hydrogens is 250 g/mol. The van der Waals surface area contributed by atoms with Gasteiger partial charge in [-0.3, -0.25) is 0 Å². The van der Waals surface area contributed by atoms with Gasteiger partial charge in [-0.1, -0.05) is 12.5 Å². The molecule has 110 valence electrons. The van der Waals surface area contributed by atoms with Gasteiger partial charge in [0, 0.05) is 12.6 Å². The second-order valence-electron chi connectivity index (χ2n) is 6.35. The lowest BCUT2D eigenvalue weighted by Gasteiger charge is -2.39. The molecule has 0 radical (unpaired) electrons. The zero-order chi connectivity index (χ0) is 14.1. The van der Waals surface area contributed by atoms with E-state index >= 15 is 0 Å². The smallest absolute Gasteiger partial charge is 0.119 e. The molecule has 1 aromatic carbocycles. The van der Waals surface area contributed by atoms with E-state index in [0.29, 0.717) is 0 Å². The molecule has 3 nitrogen and oxygen atoms in total. The van der Waals surface area contributed by atoms with Gasteiger partial charge < -0.3 is 14.7 Å². The zero-order valence-corrected chi connectivity index (χ0v) is 12.5. The van der Waals surface area contributed by atoms with E-state index in [1.165, 1.54) is 24.8 Å². The largest absolute Gasteiger partial charge is 0.497 e. The van der Waals surface area contributed by atoms with E-state index in [1.54, 1.807) is 7.11 Å². The molecule has 0 aliphatic heterocycles. The van der Waals surface area contributed by atoms with Crippen LogP contribution in [0.2, 0.25) is 0 Å². The number of methoxy groups -OCH3 is 1. The first-order valence-electron chi connectivity index (χ1n) is 7.74. The van der Waals surface area contributed by atoms with Crippen molar-refractivity contribution in [3.8, 4) is 5.75 Å². The van der Waals surface area contributed by atoms with Gasteiger partial charge in [0.2, 0.25) is 0 Å². The molecule has 1 aromatic rings. The summed E-state index contributed by atoms with van der Waals surface area (Å²) in [5.41, 5.74) is 2.33. The Labute approximate surface area is 121 Å². The molecule has 1 saturated carbocycles. The molecule has 0 bridgehead atoms. The highest BCUT2D eigenvalue weighted by Crippen LogP contribution is 2.36. The lowest BCUT2D eigenvalue weighted by molar-refractivity contribution is 0.0348. The Balaban J connectivity index is 1.74. The Morgan fingerprint density at radius 3 is 2.75 bits per heavy atom. The van der Waals surface area contributed by atoms with Crippen molar-refractivity contribution in [1.29, 1.82) is 0 Å². The van der Waals surface area contributed by atoms with Gasteiger partial charge in [-0.15, -0.1) is 0 Å². The van der Waals surface area contributed by atoms with Gasteiger partial charge in [0.15, 0.2) is 0 Å². The van der Waals surface area contributed by atoms with Crippen LogP contribution < -0.4 is 4.74 Å². The fourth-order valence-electron chi connectivity index (χ4n) is 3.55. The number of hydrogen-bond donors (Lipinski definition) is 1. The number of likely N-dealkylation sites (N-methyl/N-ethyl adjacent to an activating group) is 1. The minimum atomic E-state index is -0.390. The molecule has 2 aliphatic rings. The van der Waals surface area contributed by atoms with Crippen LogP contribution in [0.5, 0.6) is 5.75 Å². The maximum absolute atomic E-state index is 10.7. The number of rotatable bonds is 4. The lowest BCUT2D eigenvalue weighted by atomic mass is 9.82. The number of hydrogen-bond acceptors (Lipinski definition) is 3. The first-order chi connectivity index (χ1) is 9.69. The number of ether oxygens (including phenoxy) is 1. The second-order valence-corrected chi connectivity index (χ2v) is 6.35. The van der Waals surface area contributed by atoms with Crippen molar-refractivity contribution in [1.82, 2.24) is 4.90 Å². The molecule has 3 heteroatoms. The molecule has 20 heavy (non-hydrogen) atoms. The molecule has 3 rings (SSSR count). The molecule has 1 N–H and O–H groups in total. The number of aryl methyl sites for hydroxylation is 1. The summed E-state index contributed by atoms with van der Waals surface area (Å²) in [5.74, 6) is 1.68. The van der Waals surface area contributed by atoms with E-state index in [9.17, 15) is 5.11 Å². The molecule has 2 aliphatic carbocycles. The maximum Gasteiger partial charge on any atom is 0.119 e. The number of aliphatic hydroxyl groups excluding tert-OH is 1. The van der Waals surface area contributed by atoms with E-state index in [2.05, 4.69) is 18.0 Å². The van der Waals surface area contributed by atoms with Crippen LogP contribution in [0.15, 0.2) is 18.2 Å². The van der Waals surface area contributed by atoms with Gasteiger partial charge in [-0.2, -0.15) is 0 Å². The Hall–Kier alpha value is -1.06. The maximum atomic E-state index is 10.7. The highest BCUT2D eigenvalue weighted by molar-refractivity contribution is 5.39. The average molecular weight is 275 g/mol. The van der Waals surface area contributed by atoms with Crippen LogP contribution in [0.25, 0.3) is 0 Å². The summed E-state index contributed by atoms with van der Waals surface area (Å²) in [5, 5.41) is 10.7. The number of fused-ring (bicyclic) bond motifs is 1. The summed E-state index contributed by atoms with van der Waals surface area (Å²) in [7, 11) is 3.84. The van der Waals surface area contributed by atoms with Crippen LogP contribution in [-0.4, -0.2) is 36.8 Å². The minimum absolute atomic E-state index is 0.246. The molecule has 0 amide bonds. The number of aliphatic hydroxyl groups is 1. The summed E-state index contributed by atoms with van der Waals surface area (Å²) in [6.45, 7) is 1.13.